The molecule has 1 aromatic heterocycles. The van der Waals surface area contributed by atoms with Crippen LogP contribution in [0.4, 0.5) is 5.95 Å². The second-order valence-corrected chi connectivity index (χ2v) is 8.36. The molecular weight excluding hydrogens is 390 g/mol. The highest BCUT2D eigenvalue weighted by Gasteiger charge is 2.21. The summed E-state index contributed by atoms with van der Waals surface area (Å²) < 4.78 is 13.5. The zero-order chi connectivity index (χ0) is 23.4. The maximum atomic E-state index is 6.23. The van der Waals surface area contributed by atoms with Gasteiger partial charge in [0.05, 0.1) is 24.6 Å². The number of rotatable bonds is 17. The molecule has 0 aliphatic heterocycles. The molecule has 178 valence electrons. The Labute approximate surface area is 189 Å². The molecule has 7 nitrogen and oxygen atoms in total. The van der Waals surface area contributed by atoms with Gasteiger partial charge in [-0.05, 0) is 58.4 Å². The van der Waals surface area contributed by atoms with Crippen molar-refractivity contribution in [1.29, 1.82) is 0 Å². The number of nitrogens with two attached hydrogens (primary N) is 1. The third-order valence-electron chi connectivity index (χ3n) is 5.58. The number of hydrogen-bond donors (Lipinski definition) is 2. The lowest BCUT2D eigenvalue weighted by atomic mass is 10.0. The number of aromatic nitrogens is 2. The first-order valence-electron chi connectivity index (χ1n) is 11.6. The third-order valence-corrected chi connectivity index (χ3v) is 5.58. The Balaban J connectivity index is 2.89. The van der Waals surface area contributed by atoms with Crippen molar-refractivity contribution >= 4 is 18.1 Å². The van der Waals surface area contributed by atoms with E-state index in [0.29, 0.717) is 25.7 Å². The van der Waals surface area contributed by atoms with Gasteiger partial charge in [0.15, 0.2) is 0 Å². The van der Waals surface area contributed by atoms with Crippen molar-refractivity contribution in [1.82, 2.24) is 14.5 Å². The van der Waals surface area contributed by atoms with Gasteiger partial charge in [0.1, 0.15) is 6.23 Å². The Morgan fingerprint density at radius 1 is 1.19 bits per heavy atom. The molecule has 7 heteroatoms. The van der Waals surface area contributed by atoms with Gasteiger partial charge in [0.25, 0.3) is 0 Å². The van der Waals surface area contributed by atoms with Crippen molar-refractivity contribution in [3.05, 3.63) is 24.5 Å². The minimum atomic E-state index is -0.207. The predicted molar refractivity (Wildman–Crippen MR) is 132 cm³/mol. The Hall–Kier alpha value is -1.67. The number of imidazole rings is 1. The maximum absolute atomic E-state index is 6.23. The van der Waals surface area contributed by atoms with E-state index >= 15 is 0 Å². The Kier molecular flexibility index (Phi) is 12.7. The van der Waals surface area contributed by atoms with Gasteiger partial charge in [-0.1, -0.05) is 33.9 Å². The first-order valence-corrected chi connectivity index (χ1v) is 11.6. The smallest absolute Gasteiger partial charge is 0.206 e. The molecule has 0 saturated carbocycles. The number of ether oxygens (including phenoxy) is 2. The van der Waals surface area contributed by atoms with Crippen LogP contribution in [0.1, 0.15) is 65.1 Å². The highest BCUT2D eigenvalue weighted by Crippen LogP contribution is 2.26. The molecule has 0 spiro atoms. The summed E-state index contributed by atoms with van der Waals surface area (Å²) in [5.74, 6) is 1.26. The molecule has 3 atom stereocenters. The molecule has 0 radical (unpaired) electrons. The monoisotopic (exact) mass is 435 g/mol. The molecule has 1 aromatic rings. The largest absolute Gasteiger partial charge is 0.379 e. The van der Waals surface area contributed by atoms with Gasteiger partial charge in [0, 0.05) is 25.2 Å². The Morgan fingerprint density at radius 3 is 2.45 bits per heavy atom. The second kappa shape index (κ2) is 14.4. The minimum Gasteiger partial charge on any atom is -0.379 e. The van der Waals surface area contributed by atoms with E-state index in [1.165, 1.54) is 0 Å². The first-order chi connectivity index (χ1) is 14.8. The van der Waals surface area contributed by atoms with Crippen LogP contribution in [-0.4, -0.2) is 66.5 Å². The molecule has 0 bridgehead atoms. The molecule has 0 amide bonds. The summed E-state index contributed by atoms with van der Waals surface area (Å²) in [5, 5.41) is 3.63. The molecule has 0 aliphatic rings. The van der Waals surface area contributed by atoms with Crippen LogP contribution in [0.25, 0.3) is 12.2 Å². The van der Waals surface area contributed by atoms with Crippen LogP contribution in [0.15, 0.2) is 13.2 Å². The van der Waals surface area contributed by atoms with E-state index < -0.39 is 0 Å². The summed E-state index contributed by atoms with van der Waals surface area (Å²) >= 11 is 0. The standard InChI is InChI=1S/C24H45N5O2/c1-9-20(13-14-28(8)17-21(25)18(5)6)26-24-27-22(10-2)23(11-3)29(24)19(7)31-16-15-30-12-4/h10-11,18-21H,2-3,9,12-17,25H2,1,4-8H3,(H,26,27). The van der Waals surface area contributed by atoms with E-state index in [0.717, 1.165) is 43.3 Å². The Bertz CT molecular complexity index is 659. The highest BCUT2D eigenvalue weighted by atomic mass is 16.5. The SMILES string of the molecule is C=Cc1nc(NC(CC)CCN(C)CC(N)C(C)C)n(C(C)OCCOCC)c1C=C. The molecule has 1 heterocycles. The molecular formula is C24H45N5O2. The number of nitrogens with zero attached hydrogens (tertiary/aromatic N) is 3. The van der Waals surface area contributed by atoms with E-state index in [1.54, 1.807) is 12.2 Å². The van der Waals surface area contributed by atoms with Crippen LogP contribution in [0.5, 0.6) is 0 Å². The fourth-order valence-corrected chi connectivity index (χ4v) is 3.38. The molecule has 0 fully saturated rings. The Morgan fingerprint density at radius 2 is 1.90 bits per heavy atom. The number of anilines is 1. The van der Waals surface area contributed by atoms with E-state index in [2.05, 4.69) is 55.8 Å². The number of likely N-dealkylation sites (N-methyl/N-ethyl adjacent to an activating group) is 1. The van der Waals surface area contributed by atoms with Gasteiger partial charge in [-0.25, -0.2) is 4.98 Å². The number of hydrogen-bond acceptors (Lipinski definition) is 6. The van der Waals surface area contributed by atoms with Gasteiger partial charge >= 0.3 is 0 Å². The second-order valence-electron chi connectivity index (χ2n) is 8.36. The summed E-state index contributed by atoms with van der Waals surface area (Å²) in [4.78, 5) is 7.08. The van der Waals surface area contributed by atoms with Crippen molar-refractivity contribution < 1.29 is 9.47 Å². The summed E-state index contributed by atoms with van der Waals surface area (Å²) in [6.07, 6.45) is 5.34. The highest BCUT2D eigenvalue weighted by molar-refractivity contribution is 5.61. The van der Waals surface area contributed by atoms with Crippen molar-refractivity contribution in [2.75, 3.05) is 45.3 Å². The first kappa shape index (κ1) is 27.4. The summed E-state index contributed by atoms with van der Waals surface area (Å²) in [6.45, 7) is 22.0. The van der Waals surface area contributed by atoms with Gasteiger partial charge in [0.2, 0.25) is 5.95 Å². The fourth-order valence-electron chi connectivity index (χ4n) is 3.38. The van der Waals surface area contributed by atoms with E-state index in [4.69, 9.17) is 20.2 Å². The summed E-state index contributed by atoms with van der Waals surface area (Å²) in [5.41, 5.74) is 7.93. The van der Waals surface area contributed by atoms with Gasteiger partial charge < -0.3 is 25.4 Å². The van der Waals surface area contributed by atoms with E-state index in [9.17, 15) is 0 Å². The topological polar surface area (TPSA) is 77.6 Å². The van der Waals surface area contributed by atoms with Gasteiger partial charge in [-0.3, -0.25) is 4.57 Å². The molecule has 0 aliphatic carbocycles. The number of nitrogens with one attached hydrogen (secondary N) is 1. The molecule has 31 heavy (non-hydrogen) atoms. The maximum Gasteiger partial charge on any atom is 0.206 e. The predicted octanol–water partition coefficient (Wildman–Crippen LogP) is 4.24. The summed E-state index contributed by atoms with van der Waals surface area (Å²) in [7, 11) is 2.13. The molecule has 3 unspecified atom stereocenters. The zero-order valence-corrected chi connectivity index (χ0v) is 20.6. The lowest BCUT2D eigenvalue weighted by molar-refractivity contribution is -0.0177. The average Bonchev–Trinajstić information content (AvgIpc) is 3.11. The van der Waals surface area contributed by atoms with Crippen molar-refractivity contribution in [2.45, 2.75) is 65.8 Å². The normalized spacial score (nSPS) is 14.6. The van der Waals surface area contributed by atoms with Crippen LogP contribution in [0.3, 0.4) is 0 Å². The van der Waals surface area contributed by atoms with Crippen LogP contribution in [-0.2, 0) is 9.47 Å². The van der Waals surface area contributed by atoms with Crippen LogP contribution in [0, 0.1) is 5.92 Å². The lowest BCUT2D eigenvalue weighted by Crippen LogP contribution is -2.40. The van der Waals surface area contributed by atoms with E-state index in [-0.39, 0.29) is 18.3 Å². The van der Waals surface area contributed by atoms with Crippen LogP contribution >= 0.6 is 0 Å². The van der Waals surface area contributed by atoms with Gasteiger partial charge in [-0.15, -0.1) is 0 Å². The quantitative estimate of drug-likeness (QED) is 0.357. The van der Waals surface area contributed by atoms with Crippen molar-refractivity contribution in [2.24, 2.45) is 11.7 Å². The minimum absolute atomic E-state index is 0.192. The lowest BCUT2D eigenvalue weighted by Gasteiger charge is -2.26. The zero-order valence-electron chi connectivity index (χ0n) is 20.6. The molecule has 3 N–H and O–H groups in total. The van der Waals surface area contributed by atoms with Gasteiger partial charge in [-0.2, -0.15) is 0 Å². The average molecular weight is 436 g/mol. The van der Waals surface area contributed by atoms with E-state index in [1.807, 2.05) is 13.8 Å². The van der Waals surface area contributed by atoms with Crippen molar-refractivity contribution in [3.63, 3.8) is 0 Å². The third kappa shape index (κ3) is 8.77. The molecule has 0 saturated heterocycles. The fraction of sp³-hybridized carbons (Fsp3) is 0.708. The van der Waals surface area contributed by atoms with Crippen LogP contribution < -0.4 is 11.1 Å². The molecule has 0 aromatic carbocycles. The molecule has 1 rings (SSSR count). The van der Waals surface area contributed by atoms with Crippen LogP contribution in [0.2, 0.25) is 0 Å². The van der Waals surface area contributed by atoms with Crippen molar-refractivity contribution in [3.8, 4) is 0 Å². The summed E-state index contributed by atoms with van der Waals surface area (Å²) in [6, 6.07) is 0.474.